The minimum Gasteiger partial charge on any atom is -0.370 e. The lowest BCUT2D eigenvalue weighted by molar-refractivity contribution is -0.132. The van der Waals surface area contributed by atoms with Crippen molar-refractivity contribution in [2.24, 2.45) is 4.99 Å². The van der Waals surface area contributed by atoms with Crippen LogP contribution in [0.15, 0.2) is 41.5 Å². The molecule has 0 bridgehead atoms. The van der Waals surface area contributed by atoms with Crippen LogP contribution in [0.2, 0.25) is 0 Å². The van der Waals surface area contributed by atoms with Crippen LogP contribution in [0.4, 0.5) is 4.39 Å². The number of pyridine rings is 1. The Hall–Kier alpha value is -3.09. The molecule has 0 spiro atoms. The van der Waals surface area contributed by atoms with Crippen molar-refractivity contribution in [2.75, 3.05) is 20.6 Å². The van der Waals surface area contributed by atoms with Crippen molar-refractivity contribution in [1.29, 1.82) is 0 Å². The van der Waals surface area contributed by atoms with Gasteiger partial charge in [0.25, 0.3) is 0 Å². The minimum atomic E-state index is -0.642. The van der Waals surface area contributed by atoms with Gasteiger partial charge in [0.15, 0.2) is 0 Å². The second kappa shape index (κ2) is 8.94. The molecule has 0 saturated carbocycles. The van der Waals surface area contributed by atoms with E-state index >= 15 is 0 Å². The van der Waals surface area contributed by atoms with Gasteiger partial charge >= 0.3 is 0 Å². The summed E-state index contributed by atoms with van der Waals surface area (Å²) in [5.74, 6) is -0.460. The molecule has 29 heavy (non-hydrogen) atoms. The van der Waals surface area contributed by atoms with Crippen LogP contribution in [0.25, 0.3) is 0 Å². The lowest BCUT2D eigenvalue weighted by Crippen LogP contribution is -2.30. The maximum absolute atomic E-state index is 13.3. The number of benzene rings is 1. The summed E-state index contributed by atoms with van der Waals surface area (Å²) in [5, 5.41) is 3.21. The lowest BCUT2D eigenvalue weighted by Gasteiger charge is -2.20. The molecule has 3 rings (SSSR count). The van der Waals surface area contributed by atoms with Gasteiger partial charge in [0, 0.05) is 50.9 Å². The van der Waals surface area contributed by atoms with Crippen LogP contribution < -0.4 is 5.32 Å². The predicted octanol–water partition coefficient (Wildman–Crippen LogP) is 2.46. The van der Waals surface area contributed by atoms with E-state index in [4.69, 9.17) is 0 Å². The van der Waals surface area contributed by atoms with Crippen molar-refractivity contribution < 1.29 is 14.0 Å². The zero-order valence-corrected chi connectivity index (χ0v) is 16.9. The molecule has 1 aliphatic heterocycles. The van der Waals surface area contributed by atoms with Gasteiger partial charge < -0.3 is 10.2 Å². The van der Waals surface area contributed by atoms with Crippen LogP contribution in [0.3, 0.4) is 0 Å². The fraction of sp³-hybridized carbons (Fsp3) is 0.364. The molecule has 0 radical (unpaired) electrons. The summed E-state index contributed by atoms with van der Waals surface area (Å²) in [6, 6.07) is 7.63. The molecule has 1 aliphatic rings. The number of nitrogens with one attached hydrogen (secondary N) is 1. The van der Waals surface area contributed by atoms with Gasteiger partial charge in [0.1, 0.15) is 17.4 Å². The lowest BCUT2D eigenvalue weighted by atomic mass is 9.91. The van der Waals surface area contributed by atoms with E-state index in [0.717, 1.165) is 23.5 Å². The summed E-state index contributed by atoms with van der Waals surface area (Å²) in [5.41, 5.74) is 3.30. The Kier molecular flexibility index (Phi) is 6.36. The molecule has 0 saturated heterocycles. The molecule has 1 amide bonds. The SMILES string of the molecule is CCNC1=NCc2cc(CC(=O)CC(C(=O)N(C)C)c3ccc(F)cc3)ncc21. The number of aromatic nitrogens is 1. The highest BCUT2D eigenvalue weighted by Crippen LogP contribution is 2.24. The van der Waals surface area contributed by atoms with E-state index in [1.165, 1.54) is 17.0 Å². The molecule has 0 fully saturated rings. The molecule has 6 nitrogen and oxygen atoms in total. The molecular weight excluding hydrogens is 371 g/mol. The Morgan fingerprint density at radius 3 is 2.62 bits per heavy atom. The molecule has 1 aromatic carbocycles. The Morgan fingerprint density at radius 1 is 1.24 bits per heavy atom. The first-order chi connectivity index (χ1) is 13.9. The van der Waals surface area contributed by atoms with Gasteiger partial charge in [0.2, 0.25) is 5.91 Å². The maximum atomic E-state index is 13.3. The maximum Gasteiger partial charge on any atom is 0.230 e. The fourth-order valence-corrected chi connectivity index (χ4v) is 3.41. The van der Waals surface area contributed by atoms with Crippen molar-refractivity contribution in [2.45, 2.75) is 32.2 Å². The molecule has 2 heterocycles. The molecule has 1 atom stereocenters. The van der Waals surface area contributed by atoms with Crippen molar-refractivity contribution >= 4 is 17.5 Å². The van der Waals surface area contributed by atoms with Crippen molar-refractivity contribution in [3.8, 4) is 0 Å². The highest BCUT2D eigenvalue weighted by Gasteiger charge is 2.26. The van der Waals surface area contributed by atoms with Crippen LogP contribution >= 0.6 is 0 Å². The van der Waals surface area contributed by atoms with Gasteiger partial charge in [-0.25, -0.2) is 4.39 Å². The first kappa shape index (κ1) is 20.6. The average Bonchev–Trinajstić information content (AvgIpc) is 3.09. The number of halogens is 1. The van der Waals surface area contributed by atoms with E-state index in [2.05, 4.69) is 15.3 Å². The molecule has 2 aromatic rings. The van der Waals surface area contributed by atoms with E-state index in [0.29, 0.717) is 17.8 Å². The summed E-state index contributed by atoms with van der Waals surface area (Å²) in [6.45, 7) is 3.36. The molecular formula is C22H25FN4O2. The molecule has 1 unspecified atom stereocenters. The molecule has 7 heteroatoms. The predicted molar refractivity (Wildman–Crippen MR) is 109 cm³/mol. The molecule has 1 N–H and O–H groups in total. The van der Waals surface area contributed by atoms with Gasteiger partial charge in [-0.3, -0.25) is 19.6 Å². The molecule has 152 valence electrons. The quantitative estimate of drug-likeness (QED) is 0.780. The Balaban J connectivity index is 1.72. The van der Waals surface area contributed by atoms with E-state index in [9.17, 15) is 14.0 Å². The Morgan fingerprint density at radius 2 is 1.97 bits per heavy atom. The summed E-state index contributed by atoms with van der Waals surface area (Å²) < 4.78 is 13.3. The first-order valence-corrected chi connectivity index (χ1v) is 9.63. The number of nitrogens with zero attached hydrogens (tertiary/aromatic N) is 3. The average molecular weight is 396 g/mol. The van der Waals surface area contributed by atoms with E-state index in [-0.39, 0.29) is 30.3 Å². The highest BCUT2D eigenvalue weighted by atomic mass is 19.1. The molecule has 1 aromatic heterocycles. The number of likely N-dealkylation sites (N-methyl/N-ethyl adjacent to an activating group) is 1. The monoisotopic (exact) mass is 396 g/mol. The van der Waals surface area contributed by atoms with Crippen LogP contribution in [0.1, 0.15) is 41.6 Å². The third-order valence-electron chi connectivity index (χ3n) is 4.87. The minimum absolute atomic E-state index is 0.0422. The number of amides is 1. The van der Waals surface area contributed by atoms with Gasteiger partial charge in [-0.15, -0.1) is 0 Å². The number of aliphatic imine (C=N–C) groups is 1. The number of carbonyl (C=O) groups excluding carboxylic acids is 2. The Labute approximate surface area is 169 Å². The van der Waals surface area contributed by atoms with Crippen LogP contribution in [0.5, 0.6) is 0 Å². The van der Waals surface area contributed by atoms with Crippen LogP contribution in [-0.2, 0) is 22.6 Å². The molecule has 0 aliphatic carbocycles. The zero-order chi connectivity index (χ0) is 21.0. The topological polar surface area (TPSA) is 74.7 Å². The second-order valence-corrected chi connectivity index (χ2v) is 7.28. The van der Waals surface area contributed by atoms with Crippen molar-refractivity contribution in [3.63, 3.8) is 0 Å². The number of fused-ring (bicyclic) bond motifs is 1. The third kappa shape index (κ3) is 4.85. The summed E-state index contributed by atoms with van der Waals surface area (Å²) in [6.07, 6.45) is 1.93. The number of hydrogen-bond donors (Lipinski definition) is 1. The summed E-state index contributed by atoms with van der Waals surface area (Å²) >= 11 is 0. The summed E-state index contributed by atoms with van der Waals surface area (Å²) in [7, 11) is 3.29. The number of ketones is 1. The van der Waals surface area contributed by atoms with Gasteiger partial charge in [-0.2, -0.15) is 0 Å². The van der Waals surface area contributed by atoms with Gasteiger partial charge in [-0.05, 0) is 36.2 Å². The van der Waals surface area contributed by atoms with Crippen molar-refractivity contribution in [3.05, 3.63) is 64.7 Å². The smallest absolute Gasteiger partial charge is 0.230 e. The standard InChI is InChI=1S/C22H25FN4O2/c1-4-24-21-20-13-25-17(9-15(20)12-26-21)10-18(28)11-19(22(29)27(2)3)14-5-7-16(23)8-6-14/h5-9,13,19H,4,10-12H2,1-3H3,(H,24,26). The zero-order valence-electron chi connectivity index (χ0n) is 16.9. The number of hydrogen-bond acceptors (Lipinski definition) is 5. The van der Waals surface area contributed by atoms with E-state index in [1.54, 1.807) is 32.4 Å². The van der Waals surface area contributed by atoms with Crippen molar-refractivity contribution in [1.82, 2.24) is 15.2 Å². The number of Topliss-reactive ketones (excluding diaryl/α,β-unsaturated/α-hetero) is 1. The van der Waals surface area contributed by atoms with Crippen LogP contribution in [-0.4, -0.2) is 48.1 Å². The Bertz CT molecular complexity index is 938. The number of carbonyl (C=O) groups is 2. The largest absolute Gasteiger partial charge is 0.370 e. The number of rotatable bonds is 7. The fourth-order valence-electron chi connectivity index (χ4n) is 3.41. The van der Waals surface area contributed by atoms with Gasteiger partial charge in [-0.1, -0.05) is 12.1 Å². The highest BCUT2D eigenvalue weighted by molar-refractivity contribution is 6.01. The van der Waals surface area contributed by atoms with Crippen LogP contribution in [0, 0.1) is 5.82 Å². The second-order valence-electron chi connectivity index (χ2n) is 7.28. The number of amidine groups is 1. The normalized spacial score (nSPS) is 13.4. The van der Waals surface area contributed by atoms with E-state index < -0.39 is 5.92 Å². The summed E-state index contributed by atoms with van der Waals surface area (Å²) in [4.78, 5) is 35.7. The van der Waals surface area contributed by atoms with E-state index in [1.807, 2.05) is 13.0 Å². The first-order valence-electron chi connectivity index (χ1n) is 9.63. The van der Waals surface area contributed by atoms with Gasteiger partial charge in [0.05, 0.1) is 12.5 Å². The third-order valence-corrected chi connectivity index (χ3v) is 4.87.